The van der Waals surface area contributed by atoms with Crippen LogP contribution in [0.1, 0.15) is 55.0 Å². The summed E-state index contributed by atoms with van der Waals surface area (Å²) in [5.41, 5.74) is 2.68. The van der Waals surface area contributed by atoms with Gasteiger partial charge in [-0.2, -0.15) is 5.10 Å². The molecule has 0 atom stereocenters. The highest BCUT2D eigenvalue weighted by atomic mass is 16.5. The lowest BCUT2D eigenvalue weighted by Crippen LogP contribution is -2.45. The number of rotatable bonds is 7. The number of aryl methyl sites for hydroxylation is 1. The van der Waals surface area contributed by atoms with Crippen molar-refractivity contribution in [2.75, 3.05) is 52.9 Å². The van der Waals surface area contributed by atoms with Crippen molar-refractivity contribution in [2.45, 2.75) is 46.1 Å². The standard InChI is InChI=1S/C28H39N5O4/c1-19(2)37-27(35)23-17-33(18-28(4,5)24-20(3)29-30-25(23)24)26(34)21-7-9-22(10-8-21)36-16-15-32-13-11-31(6)12-14-32/h7-10,17,19H,11-16,18H2,1-6H3,(H,29,30). The molecular weight excluding hydrogens is 470 g/mol. The maximum Gasteiger partial charge on any atom is 0.342 e. The van der Waals surface area contributed by atoms with Crippen molar-refractivity contribution < 1.29 is 19.1 Å². The summed E-state index contributed by atoms with van der Waals surface area (Å²) in [5.74, 6) is 0.0374. The van der Waals surface area contributed by atoms with Gasteiger partial charge >= 0.3 is 5.97 Å². The predicted molar refractivity (Wildman–Crippen MR) is 142 cm³/mol. The molecule has 4 rings (SSSR count). The van der Waals surface area contributed by atoms with E-state index in [4.69, 9.17) is 9.47 Å². The summed E-state index contributed by atoms with van der Waals surface area (Å²) in [5, 5.41) is 7.41. The Morgan fingerprint density at radius 2 is 1.78 bits per heavy atom. The highest BCUT2D eigenvalue weighted by Gasteiger charge is 2.38. The molecule has 1 aromatic heterocycles. The van der Waals surface area contributed by atoms with E-state index in [0.29, 0.717) is 24.4 Å². The number of amides is 1. The lowest BCUT2D eigenvalue weighted by atomic mass is 9.82. The minimum absolute atomic E-state index is 0.196. The molecule has 9 heteroatoms. The highest BCUT2D eigenvalue weighted by molar-refractivity contribution is 6.17. The SMILES string of the molecule is Cc1[nH]nc2c1C(C)(C)CN(C(=O)c1ccc(OCCN3CCN(C)CC3)cc1)C=C2C(=O)OC(C)C. The number of likely N-dealkylation sites (N-methyl/N-ethyl adjacent to an activating group) is 1. The monoisotopic (exact) mass is 509 g/mol. The number of hydrogen-bond acceptors (Lipinski definition) is 7. The third kappa shape index (κ3) is 6.22. The average Bonchev–Trinajstić information content (AvgIpc) is 3.18. The van der Waals surface area contributed by atoms with Gasteiger partial charge in [0.15, 0.2) is 0 Å². The molecule has 200 valence electrons. The number of hydrogen-bond donors (Lipinski definition) is 1. The Morgan fingerprint density at radius 3 is 2.43 bits per heavy atom. The lowest BCUT2D eigenvalue weighted by Gasteiger charge is -2.32. The van der Waals surface area contributed by atoms with Crippen LogP contribution in [0.25, 0.3) is 5.57 Å². The average molecular weight is 510 g/mol. The smallest absolute Gasteiger partial charge is 0.342 e. The number of ether oxygens (including phenoxy) is 2. The first-order valence-corrected chi connectivity index (χ1v) is 13.0. The number of benzene rings is 1. The summed E-state index contributed by atoms with van der Waals surface area (Å²) in [7, 11) is 2.15. The lowest BCUT2D eigenvalue weighted by molar-refractivity contribution is -0.140. The second-order valence-electron chi connectivity index (χ2n) is 10.9. The van der Waals surface area contributed by atoms with Crippen LogP contribution in [0.5, 0.6) is 5.75 Å². The summed E-state index contributed by atoms with van der Waals surface area (Å²) in [4.78, 5) is 32.9. The van der Waals surface area contributed by atoms with E-state index in [9.17, 15) is 9.59 Å². The maximum atomic E-state index is 13.6. The number of aromatic amines is 1. The van der Waals surface area contributed by atoms with Crippen LogP contribution in [0, 0.1) is 6.92 Å². The van der Waals surface area contributed by atoms with Crippen molar-refractivity contribution in [3.8, 4) is 5.75 Å². The largest absolute Gasteiger partial charge is 0.492 e. The van der Waals surface area contributed by atoms with E-state index < -0.39 is 11.4 Å². The molecule has 2 aliphatic heterocycles. The number of fused-ring (bicyclic) bond motifs is 1. The second-order valence-corrected chi connectivity index (χ2v) is 10.9. The van der Waals surface area contributed by atoms with Gasteiger partial charge in [0.1, 0.15) is 23.6 Å². The van der Waals surface area contributed by atoms with Crippen LogP contribution in [0.3, 0.4) is 0 Å². The number of carbonyl (C=O) groups excluding carboxylic acids is 2. The molecule has 2 aliphatic rings. The number of nitrogens with zero attached hydrogens (tertiary/aromatic N) is 4. The van der Waals surface area contributed by atoms with Crippen LogP contribution in [-0.4, -0.2) is 95.8 Å². The minimum Gasteiger partial charge on any atom is -0.492 e. The zero-order valence-corrected chi connectivity index (χ0v) is 22.8. The van der Waals surface area contributed by atoms with E-state index in [1.54, 1.807) is 37.1 Å². The molecule has 0 bridgehead atoms. The van der Waals surface area contributed by atoms with Gasteiger partial charge in [0.25, 0.3) is 5.91 Å². The first-order valence-electron chi connectivity index (χ1n) is 13.0. The molecule has 2 aromatic rings. The van der Waals surface area contributed by atoms with Crippen LogP contribution in [0.4, 0.5) is 0 Å². The Hall–Kier alpha value is -3.17. The van der Waals surface area contributed by atoms with Crippen LogP contribution < -0.4 is 4.74 Å². The Balaban J connectivity index is 1.49. The molecule has 37 heavy (non-hydrogen) atoms. The Kier molecular flexibility index (Phi) is 8.04. The molecule has 1 saturated heterocycles. The normalized spacial score (nSPS) is 18.2. The van der Waals surface area contributed by atoms with Gasteiger partial charge in [0.2, 0.25) is 0 Å². The molecule has 1 aromatic carbocycles. The van der Waals surface area contributed by atoms with Crippen molar-refractivity contribution >= 4 is 17.4 Å². The predicted octanol–water partition coefficient (Wildman–Crippen LogP) is 3.07. The first kappa shape index (κ1) is 26.9. The maximum absolute atomic E-state index is 13.6. The number of aromatic nitrogens is 2. The van der Waals surface area contributed by atoms with Crippen LogP contribution in [0.2, 0.25) is 0 Å². The van der Waals surface area contributed by atoms with E-state index in [0.717, 1.165) is 49.7 Å². The van der Waals surface area contributed by atoms with Gasteiger partial charge in [0.05, 0.1) is 6.10 Å². The van der Waals surface area contributed by atoms with E-state index in [1.807, 2.05) is 19.1 Å². The summed E-state index contributed by atoms with van der Waals surface area (Å²) in [6.07, 6.45) is 1.29. The molecule has 1 amide bonds. The van der Waals surface area contributed by atoms with E-state index in [1.165, 1.54) is 0 Å². The summed E-state index contributed by atoms with van der Waals surface area (Å²) >= 11 is 0. The zero-order valence-electron chi connectivity index (χ0n) is 22.8. The Morgan fingerprint density at radius 1 is 1.11 bits per heavy atom. The number of esters is 1. The third-order valence-electron chi connectivity index (χ3n) is 6.93. The molecule has 0 radical (unpaired) electrons. The molecule has 0 spiro atoms. The van der Waals surface area contributed by atoms with Gasteiger partial charge in [-0.05, 0) is 52.1 Å². The molecule has 1 fully saturated rings. The fourth-order valence-corrected chi connectivity index (χ4v) is 5.00. The van der Waals surface area contributed by atoms with E-state index >= 15 is 0 Å². The third-order valence-corrected chi connectivity index (χ3v) is 6.93. The van der Waals surface area contributed by atoms with Crippen LogP contribution in [0.15, 0.2) is 30.5 Å². The molecule has 1 N–H and O–H groups in total. The number of nitrogens with one attached hydrogen (secondary N) is 1. The van der Waals surface area contributed by atoms with Crippen LogP contribution >= 0.6 is 0 Å². The first-order chi connectivity index (χ1) is 17.5. The number of H-pyrrole nitrogens is 1. The molecule has 0 saturated carbocycles. The fourth-order valence-electron chi connectivity index (χ4n) is 5.00. The molecule has 9 nitrogen and oxygen atoms in total. The van der Waals surface area contributed by atoms with Crippen molar-refractivity contribution in [3.63, 3.8) is 0 Å². The van der Waals surface area contributed by atoms with Crippen LogP contribution in [-0.2, 0) is 14.9 Å². The van der Waals surface area contributed by atoms with Crippen molar-refractivity contribution in [1.82, 2.24) is 24.9 Å². The van der Waals surface area contributed by atoms with Gasteiger partial charge < -0.3 is 19.3 Å². The number of piperazine rings is 1. The molecule has 0 aliphatic carbocycles. The number of carbonyl (C=O) groups is 2. The minimum atomic E-state index is -0.498. The summed E-state index contributed by atoms with van der Waals surface area (Å²) in [6, 6.07) is 7.20. The molecule has 3 heterocycles. The second kappa shape index (κ2) is 11.1. The zero-order chi connectivity index (χ0) is 26.7. The highest BCUT2D eigenvalue weighted by Crippen LogP contribution is 2.37. The summed E-state index contributed by atoms with van der Waals surface area (Å²) in [6.45, 7) is 15.8. The van der Waals surface area contributed by atoms with E-state index in [-0.39, 0.29) is 17.6 Å². The van der Waals surface area contributed by atoms with Gasteiger partial charge in [-0.15, -0.1) is 0 Å². The van der Waals surface area contributed by atoms with E-state index in [2.05, 4.69) is 40.9 Å². The topological polar surface area (TPSA) is 91.0 Å². The Bertz CT molecular complexity index is 1140. The quantitative estimate of drug-likeness (QED) is 0.574. The summed E-state index contributed by atoms with van der Waals surface area (Å²) < 4.78 is 11.4. The van der Waals surface area contributed by atoms with Crippen molar-refractivity contribution in [1.29, 1.82) is 0 Å². The van der Waals surface area contributed by atoms with Crippen molar-refractivity contribution in [2.24, 2.45) is 0 Å². The Labute approximate surface area is 219 Å². The fraction of sp³-hybridized carbons (Fsp3) is 0.536. The van der Waals surface area contributed by atoms with Gasteiger partial charge in [-0.25, -0.2) is 4.79 Å². The molecule has 0 unspecified atom stereocenters. The molecular formula is C28H39N5O4. The van der Waals surface area contributed by atoms with Gasteiger partial charge in [0, 0.05) is 67.7 Å². The van der Waals surface area contributed by atoms with Gasteiger partial charge in [-0.3, -0.25) is 14.8 Å². The van der Waals surface area contributed by atoms with Gasteiger partial charge in [-0.1, -0.05) is 13.8 Å². The van der Waals surface area contributed by atoms with Crippen molar-refractivity contribution in [3.05, 3.63) is 53.0 Å².